The summed E-state index contributed by atoms with van der Waals surface area (Å²) in [6, 6.07) is 1.45. The summed E-state index contributed by atoms with van der Waals surface area (Å²) >= 11 is 0. The van der Waals surface area contributed by atoms with Crippen LogP contribution >= 0.6 is 0 Å². The molecular formula is C7H19NSi. The Labute approximate surface area is 61.9 Å². The quantitative estimate of drug-likeness (QED) is 0.509. The zero-order chi connectivity index (χ0) is 7.11. The average Bonchev–Trinajstić information content (AvgIpc) is 1.91. The van der Waals surface area contributed by atoms with E-state index in [1.165, 1.54) is 42.3 Å². The Bertz CT molecular complexity index is 52.9. The first-order valence-electron chi connectivity index (χ1n) is 4.07. The minimum atomic E-state index is 1.22. The van der Waals surface area contributed by atoms with Gasteiger partial charge in [0.1, 0.15) is 0 Å². The van der Waals surface area contributed by atoms with E-state index in [9.17, 15) is 0 Å². The fourth-order valence-corrected chi connectivity index (χ4v) is 1.24. The van der Waals surface area contributed by atoms with Gasteiger partial charge in [0.05, 0.1) is 0 Å². The van der Waals surface area contributed by atoms with Crippen LogP contribution in [0.3, 0.4) is 0 Å². The van der Waals surface area contributed by atoms with Crippen molar-refractivity contribution in [3.63, 3.8) is 0 Å². The summed E-state index contributed by atoms with van der Waals surface area (Å²) < 4.78 is 0. The fourth-order valence-electron chi connectivity index (χ4n) is 0.922. The Morgan fingerprint density at radius 1 is 1.22 bits per heavy atom. The fraction of sp³-hybridized carbons (Fsp3) is 1.00. The van der Waals surface area contributed by atoms with Crippen LogP contribution in [0.15, 0.2) is 0 Å². The van der Waals surface area contributed by atoms with Crippen LogP contribution in [-0.2, 0) is 0 Å². The lowest BCUT2D eigenvalue weighted by atomic mass is 10.4. The zero-order valence-electron chi connectivity index (χ0n) is 6.98. The molecule has 0 saturated heterocycles. The maximum Gasteiger partial charge on any atom is 0.00286 e. The first kappa shape index (κ1) is 9.18. The lowest BCUT2D eigenvalue weighted by Crippen LogP contribution is -2.23. The highest BCUT2D eigenvalue weighted by Gasteiger charge is 1.94. The second-order valence-corrected chi connectivity index (χ2v) is 3.38. The molecule has 0 aliphatic rings. The van der Waals surface area contributed by atoms with Crippen molar-refractivity contribution in [2.45, 2.75) is 26.3 Å². The molecule has 0 N–H and O–H groups in total. The van der Waals surface area contributed by atoms with Gasteiger partial charge < -0.3 is 4.90 Å². The molecule has 2 heteroatoms. The highest BCUT2D eigenvalue weighted by atomic mass is 28.1. The topological polar surface area (TPSA) is 3.24 Å². The number of hydrogen-bond acceptors (Lipinski definition) is 1. The van der Waals surface area contributed by atoms with Crippen LogP contribution in [0, 0.1) is 0 Å². The van der Waals surface area contributed by atoms with E-state index in [0.29, 0.717) is 0 Å². The van der Waals surface area contributed by atoms with Crippen LogP contribution < -0.4 is 0 Å². The Balaban J connectivity index is 3.09. The molecule has 0 radical (unpaired) electrons. The summed E-state index contributed by atoms with van der Waals surface area (Å²) in [5, 5.41) is 0. The lowest BCUT2D eigenvalue weighted by molar-refractivity contribution is 0.305. The predicted octanol–water partition coefficient (Wildman–Crippen LogP) is 0.502. The normalized spacial score (nSPS) is 11.0. The van der Waals surface area contributed by atoms with E-state index in [1.807, 2.05) is 0 Å². The monoisotopic (exact) mass is 145 g/mol. The van der Waals surface area contributed by atoms with Gasteiger partial charge >= 0.3 is 0 Å². The van der Waals surface area contributed by atoms with Crippen LogP contribution in [0.2, 0.25) is 6.04 Å². The van der Waals surface area contributed by atoms with Gasteiger partial charge in [-0.15, -0.1) is 0 Å². The average molecular weight is 145 g/mol. The number of rotatable bonds is 5. The highest BCUT2D eigenvalue weighted by Crippen LogP contribution is 1.91. The van der Waals surface area contributed by atoms with Crippen molar-refractivity contribution in [2.24, 2.45) is 0 Å². The Morgan fingerprint density at radius 3 is 2.11 bits per heavy atom. The summed E-state index contributed by atoms with van der Waals surface area (Å²) in [7, 11) is 1.37. The van der Waals surface area contributed by atoms with Crippen molar-refractivity contribution in [1.29, 1.82) is 0 Å². The molecule has 0 aromatic rings. The summed E-state index contributed by atoms with van der Waals surface area (Å²) in [6.45, 7) is 8.22. The Kier molecular flexibility index (Phi) is 6.42. The molecule has 0 fully saturated rings. The summed E-state index contributed by atoms with van der Waals surface area (Å²) in [6.07, 6.45) is 1.41. The first-order chi connectivity index (χ1) is 4.35. The maximum absolute atomic E-state index is 2.48. The van der Waals surface area contributed by atoms with E-state index in [0.717, 1.165) is 0 Å². The highest BCUT2D eigenvalue weighted by molar-refractivity contribution is 6.08. The van der Waals surface area contributed by atoms with Gasteiger partial charge in [0.15, 0.2) is 0 Å². The van der Waals surface area contributed by atoms with Crippen molar-refractivity contribution in [3.05, 3.63) is 0 Å². The summed E-state index contributed by atoms with van der Waals surface area (Å²) in [4.78, 5) is 2.48. The minimum absolute atomic E-state index is 1.22. The van der Waals surface area contributed by atoms with Crippen molar-refractivity contribution in [1.82, 2.24) is 4.90 Å². The van der Waals surface area contributed by atoms with Crippen molar-refractivity contribution < 1.29 is 0 Å². The largest absolute Gasteiger partial charge is 0.304 e. The molecular weight excluding hydrogens is 126 g/mol. The van der Waals surface area contributed by atoms with Gasteiger partial charge in [-0.25, -0.2) is 0 Å². The van der Waals surface area contributed by atoms with Gasteiger partial charge in [0.25, 0.3) is 0 Å². The van der Waals surface area contributed by atoms with Gasteiger partial charge in [0.2, 0.25) is 0 Å². The molecule has 0 aliphatic carbocycles. The maximum atomic E-state index is 2.48. The van der Waals surface area contributed by atoms with Crippen molar-refractivity contribution >= 4 is 10.2 Å². The molecule has 0 heterocycles. The molecule has 0 aromatic carbocycles. The van der Waals surface area contributed by atoms with Crippen molar-refractivity contribution in [3.8, 4) is 0 Å². The second-order valence-electron chi connectivity index (χ2n) is 2.38. The molecule has 1 nitrogen and oxygen atoms in total. The standard InChI is InChI=1S/C7H19NSi/c1-3-8(4-2)6-5-7-9/h3-7H2,1-2,9H3. The third-order valence-corrected chi connectivity index (χ3v) is 2.43. The first-order valence-corrected chi connectivity index (χ1v) is 5.48. The SMILES string of the molecule is CCN(CC)CCC[SiH3]. The van der Waals surface area contributed by atoms with Gasteiger partial charge in [0, 0.05) is 10.2 Å². The van der Waals surface area contributed by atoms with Crippen LogP contribution in [0.25, 0.3) is 0 Å². The molecule has 0 atom stereocenters. The molecule has 56 valence electrons. The van der Waals surface area contributed by atoms with Gasteiger partial charge in [-0.05, 0) is 26.1 Å². The van der Waals surface area contributed by atoms with Crippen LogP contribution in [-0.4, -0.2) is 34.8 Å². The van der Waals surface area contributed by atoms with E-state index in [4.69, 9.17) is 0 Å². The number of nitrogens with zero attached hydrogens (tertiary/aromatic N) is 1. The van der Waals surface area contributed by atoms with E-state index < -0.39 is 0 Å². The molecule has 0 bridgehead atoms. The summed E-state index contributed by atoms with van der Waals surface area (Å²) in [5.41, 5.74) is 0. The predicted molar refractivity (Wildman–Crippen MR) is 47.2 cm³/mol. The zero-order valence-corrected chi connectivity index (χ0v) is 8.98. The molecule has 0 aromatic heterocycles. The van der Waals surface area contributed by atoms with E-state index in [2.05, 4.69) is 18.7 Å². The minimum Gasteiger partial charge on any atom is -0.304 e. The second kappa shape index (κ2) is 6.30. The molecule has 0 unspecified atom stereocenters. The Hall–Kier alpha value is 0.177. The van der Waals surface area contributed by atoms with Crippen LogP contribution in [0.4, 0.5) is 0 Å². The molecule has 9 heavy (non-hydrogen) atoms. The smallest absolute Gasteiger partial charge is 0.00286 e. The van der Waals surface area contributed by atoms with Crippen LogP contribution in [0.1, 0.15) is 20.3 Å². The molecule has 0 amide bonds. The molecule has 0 spiro atoms. The van der Waals surface area contributed by atoms with Gasteiger partial charge in [-0.1, -0.05) is 19.9 Å². The lowest BCUT2D eigenvalue weighted by Gasteiger charge is -2.16. The third-order valence-electron chi connectivity index (χ3n) is 1.72. The Morgan fingerprint density at radius 2 is 1.78 bits per heavy atom. The van der Waals surface area contributed by atoms with Crippen molar-refractivity contribution in [2.75, 3.05) is 19.6 Å². The van der Waals surface area contributed by atoms with E-state index in [1.54, 1.807) is 0 Å². The molecule has 0 aliphatic heterocycles. The molecule has 0 saturated carbocycles. The van der Waals surface area contributed by atoms with E-state index in [-0.39, 0.29) is 0 Å². The summed E-state index contributed by atoms with van der Waals surface area (Å²) in [5.74, 6) is 0. The molecule has 0 rings (SSSR count). The third kappa shape index (κ3) is 4.67. The van der Waals surface area contributed by atoms with E-state index >= 15 is 0 Å². The van der Waals surface area contributed by atoms with Gasteiger partial charge in [-0.2, -0.15) is 0 Å². The van der Waals surface area contributed by atoms with Gasteiger partial charge in [-0.3, -0.25) is 0 Å². The van der Waals surface area contributed by atoms with Crippen LogP contribution in [0.5, 0.6) is 0 Å². The number of hydrogen-bond donors (Lipinski definition) is 0.